The van der Waals surface area contributed by atoms with Gasteiger partial charge in [0.15, 0.2) is 0 Å². The first kappa shape index (κ1) is 15.7. The van der Waals surface area contributed by atoms with Gasteiger partial charge in [-0.3, -0.25) is 9.69 Å². The van der Waals surface area contributed by atoms with E-state index in [0.29, 0.717) is 13.3 Å². The summed E-state index contributed by atoms with van der Waals surface area (Å²) in [5.74, 6) is 0.0715. The first-order chi connectivity index (χ1) is 9.02. The van der Waals surface area contributed by atoms with Crippen LogP contribution in [0.1, 0.15) is 38.8 Å². The van der Waals surface area contributed by atoms with Gasteiger partial charge in [0.25, 0.3) is 0 Å². The average Bonchev–Trinajstić information content (AvgIpc) is 2.39. The van der Waals surface area contributed by atoms with Crippen molar-refractivity contribution in [3.8, 4) is 0 Å². The van der Waals surface area contributed by atoms with Crippen LogP contribution in [0.2, 0.25) is 0 Å². The number of amides is 1. The maximum absolute atomic E-state index is 12.4. The molecule has 0 radical (unpaired) electrons. The number of nitrogens with zero attached hydrogens (tertiary/aromatic N) is 1. The Labute approximate surface area is 116 Å². The molecule has 1 amide bonds. The molecule has 0 heterocycles. The minimum Gasteiger partial charge on any atom is -0.361 e. The lowest BCUT2D eigenvalue weighted by Gasteiger charge is -2.28. The third-order valence-electron chi connectivity index (χ3n) is 3.16. The Kier molecular flexibility index (Phi) is 6.03. The molecule has 3 heteroatoms. The van der Waals surface area contributed by atoms with E-state index in [1.807, 2.05) is 39.8 Å². The lowest BCUT2D eigenvalue weighted by Crippen LogP contribution is -2.37. The van der Waals surface area contributed by atoms with Gasteiger partial charge in [0.05, 0.1) is 5.69 Å². The van der Waals surface area contributed by atoms with E-state index in [9.17, 15) is 4.79 Å². The van der Waals surface area contributed by atoms with E-state index in [1.54, 1.807) is 4.90 Å². The van der Waals surface area contributed by atoms with E-state index in [4.69, 9.17) is 4.74 Å². The van der Waals surface area contributed by atoms with E-state index in [2.05, 4.69) is 13.0 Å². The van der Waals surface area contributed by atoms with Crippen molar-refractivity contribution in [2.24, 2.45) is 5.92 Å². The fourth-order valence-corrected chi connectivity index (χ4v) is 2.12. The number of ether oxygens (including phenoxy) is 1. The largest absolute Gasteiger partial charge is 0.361 e. The molecule has 0 unspecified atom stereocenters. The minimum atomic E-state index is -0.0373. The number of carbonyl (C=O) groups excluding carboxylic acids is 1. The van der Waals surface area contributed by atoms with Gasteiger partial charge in [0, 0.05) is 12.5 Å². The molecular weight excluding hydrogens is 238 g/mol. The van der Waals surface area contributed by atoms with Gasteiger partial charge in [-0.1, -0.05) is 39.0 Å². The van der Waals surface area contributed by atoms with Gasteiger partial charge >= 0.3 is 0 Å². The van der Waals surface area contributed by atoms with Gasteiger partial charge < -0.3 is 4.74 Å². The number of anilines is 1. The van der Waals surface area contributed by atoms with Crippen LogP contribution in [0.5, 0.6) is 0 Å². The maximum atomic E-state index is 12.4. The highest BCUT2D eigenvalue weighted by Gasteiger charge is 2.22. The standard InChI is InChI=1S/C16H25NO2/c1-6-14-10-8-9-13(5)15(14)17(11-19-7-2)16(18)12(3)4/h8-10,12H,6-7,11H2,1-5H3. The molecule has 0 N–H and O–H groups in total. The summed E-state index contributed by atoms with van der Waals surface area (Å²) < 4.78 is 5.48. The quantitative estimate of drug-likeness (QED) is 0.735. The van der Waals surface area contributed by atoms with E-state index in [0.717, 1.165) is 17.7 Å². The molecule has 3 nitrogen and oxygen atoms in total. The Morgan fingerprint density at radius 2 is 2.00 bits per heavy atom. The van der Waals surface area contributed by atoms with Crippen molar-refractivity contribution in [2.75, 3.05) is 18.2 Å². The van der Waals surface area contributed by atoms with Crippen molar-refractivity contribution < 1.29 is 9.53 Å². The van der Waals surface area contributed by atoms with Gasteiger partial charge in [0.2, 0.25) is 5.91 Å². The van der Waals surface area contributed by atoms with Crippen molar-refractivity contribution in [1.82, 2.24) is 0 Å². The minimum absolute atomic E-state index is 0.0373. The summed E-state index contributed by atoms with van der Waals surface area (Å²) in [7, 11) is 0. The van der Waals surface area contributed by atoms with Crippen LogP contribution in [0.25, 0.3) is 0 Å². The molecule has 0 spiro atoms. The zero-order valence-electron chi connectivity index (χ0n) is 12.7. The molecule has 1 aromatic rings. The molecule has 0 saturated heterocycles. The molecule has 0 aliphatic carbocycles. The zero-order valence-corrected chi connectivity index (χ0v) is 12.7. The molecule has 0 aromatic heterocycles. The molecule has 19 heavy (non-hydrogen) atoms. The Bertz CT molecular complexity index is 427. The fourth-order valence-electron chi connectivity index (χ4n) is 2.12. The lowest BCUT2D eigenvalue weighted by molar-refractivity contribution is -0.122. The highest BCUT2D eigenvalue weighted by atomic mass is 16.5. The molecule has 106 valence electrons. The van der Waals surface area contributed by atoms with Crippen LogP contribution >= 0.6 is 0 Å². The second-order valence-electron chi connectivity index (χ2n) is 4.98. The molecule has 1 rings (SSSR count). The van der Waals surface area contributed by atoms with Crippen LogP contribution in [0, 0.1) is 12.8 Å². The molecule has 0 fully saturated rings. The molecule has 0 aliphatic rings. The van der Waals surface area contributed by atoms with Gasteiger partial charge in [-0.2, -0.15) is 0 Å². The number of rotatable bonds is 6. The highest BCUT2D eigenvalue weighted by Crippen LogP contribution is 2.27. The van der Waals surface area contributed by atoms with Crippen LogP contribution in [0.4, 0.5) is 5.69 Å². The molecule has 1 aromatic carbocycles. The number of aryl methyl sites for hydroxylation is 2. The number of hydrogen-bond acceptors (Lipinski definition) is 2. The lowest BCUT2D eigenvalue weighted by atomic mass is 10.0. The molecule has 0 aliphatic heterocycles. The normalized spacial score (nSPS) is 10.8. The second-order valence-corrected chi connectivity index (χ2v) is 4.98. The summed E-state index contributed by atoms with van der Waals surface area (Å²) in [6, 6.07) is 6.16. The van der Waals surface area contributed by atoms with Crippen LogP contribution in [0.3, 0.4) is 0 Å². The van der Waals surface area contributed by atoms with Crippen molar-refractivity contribution in [1.29, 1.82) is 0 Å². The Morgan fingerprint density at radius 3 is 2.53 bits per heavy atom. The summed E-state index contributed by atoms with van der Waals surface area (Å²) >= 11 is 0. The first-order valence-electron chi connectivity index (χ1n) is 7.00. The first-order valence-corrected chi connectivity index (χ1v) is 7.00. The summed E-state index contributed by atoms with van der Waals surface area (Å²) in [5, 5.41) is 0. The predicted molar refractivity (Wildman–Crippen MR) is 79.4 cm³/mol. The van der Waals surface area contributed by atoms with E-state index in [-0.39, 0.29) is 11.8 Å². The zero-order chi connectivity index (χ0) is 14.4. The monoisotopic (exact) mass is 263 g/mol. The van der Waals surface area contributed by atoms with Crippen LogP contribution in [-0.2, 0) is 16.0 Å². The smallest absolute Gasteiger partial charge is 0.231 e. The summed E-state index contributed by atoms with van der Waals surface area (Å²) in [5.41, 5.74) is 3.32. The summed E-state index contributed by atoms with van der Waals surface area (Å²) in [6.07, 6.45) is 0.908. The SMILES string of the molecule is CCOCN(C(=O)C(C)C)c1c(C)cccc1CC. The number of para-hydroxylation sites is 1. The topological polar surface area (TPSA) is 29.5 Å². The van der Waals surface area contributed by atoms with Gasteiger partial charge in [-0.15, -0.1) is 0 Å². The molecule has 0 saturated carbocycles. The summed E-state index contributed by atoms with van der Waals surface area (Å²) in [4.78, 5) is 14.2. The summed E-state index contributed by atoms with van der Waals surface area (Å²) in [6.45, 7) is 10.9. The maximum Gasteiger partial charge on any atom is 0.231 e. The van der Waals surface area contributed by atoms with E-state index < -0.39 is 0 Å². The van der Waals surface area contributed by atoms with Crippen molar-refractivity contribution in [3.05, 3.63) is 29.3 Å². The fraction of sp³-hybridized carbons (Fsp3) is 0.562. The van der Waals surface area contributed by atoms with E-state index >= 15 is 0 Å². The Hall–Kier alpha value is -1.35. The van der Waals surface area contributed by atoms with Gasteiger partial charge in [0.1, 0.15) is 6.73 Å². The highest BCUT2D eigenvalue weighted by molar-refractivity contribution is 5.96. The number of benzene rings is 1. The number of hydrogen-bond donors (Lipinski definition) is 0. The van der Waals surface area contributed by atoms with Crippen LogP contribution in [-0.4, -0.2) is 19.2 Å². The Morgan fingerprint density at radius 1 is 1.32 bits per heavy atom. The molecule has 0 bridgehead atoms. The third kappa shape index (κ3) is 3.80. The predicted octanol–water partition coefficient (Wildman–Crippen LogP) is 3.54. The second kappa shape index (κ2) is 7.29. The van der Waals surface area contributed by atoms with Gasteiger partial charge in [-0.05, 0) is 31.4 Å². The van der Waals surface area contributed by atoms with Crippen molar-refractivity contribution in [2.45, 2.75) is 41.0 Å². The Balaban J connectivity index is 3.20. The van der Waals surface area contributed by atoms with Crippen molar-refractivity contribution in [3.63, 3.8) is 0 Å². The van der Waals surface area contributed by atoms with Crippen LogP contribution in [0.15, 0.2) is 18.2 Å². The number of carbonyl (C=O) groups is 1. The van der Waals surface area contributed by atoms with Crippen LogP contribution < -0.4 is 4.90 Å². The van der Waals surface area contributed by atoms with Gasteiger partial charge in [-0.25, -0.2) is 0 Å². The average molecular weight is 263 g/mol. The third-order valence-corrected chi connectivity index (χ3v) is 3.16. The molecular formula is C16H25NO2. The molecule has 0 atom stereocenters. The van der Waals surface area contributed by atoms with E-state index in [1.165, 1.54) is 5.56 Å². The van der Waals surface area contributed by atoms with Crippen molar-refractivity contribution >= 4 is 11.6 Å².